The lowest BCUT2D eigenvalue weighted by molar-refractivity contribution is -0.140. The molecule has 5 nitrogen and oxygen atoms in total. The van der Waals surface area contributed by atoms with E-state index in [9.17, 15) is 14.4 Å². The average Bonchev–Trinajstić information content (AvgIpc) is 2.90. The molecule has 0 saturated carbocycles. The van der Waals surface area contributed by atoms with Crippen molar-refractivity contribution in [1.29, 1.82) is 0 Å². The molecule has 1 N–H and O–H groups in total. The molecule has 0 bridgehead atoms. The Morgan fingerprint density at radius 2 is 1.73 bits per heavy atom. The molecule has 3 atom stereocenters. The molecular weight excluding hydrogens is 328 g/mol. The molecule has 1 aromatic carbocycles. The smallest absolute Gasteiger partial charge is 0.233 e. The summed E-state index contributed by atoms with van der Waals surface area (Å²) in [5, 5.41) is 2.97. The summed E-state index contributed by atoms with van der Waals surface area (Å²) >= 11 is 0. The van der Waals surface area contributed by atoms with Crippen LogP contribution in [-0.2, 0) is 20.8 Å². The molecule has 5 heteroatoms. The van der Waals surface area contributed by atoms with Gasteiger partial charge in [-0.1, -0.05) is 42.5 Å². The zero-order chi connectivity index (χ0) is 18.5. The van der Waals surface area contributed by atoms with Gasteiger partial charge in [-0.2, -0.15) is 0 Å². The number of benzene rings is 1. The molecule has 1 aliphatic carbocycles. The van der Waals surface area contributed by atoms with Gasteiger partial charge in [0.15, 0.2) is 0 Å². The Morgan fingerprint density at radius 1 is 1.12 bits per heavy atom. The van der Waals surface area contributed by atoms with Crippen molar-refractivity contribution in [3.8, 4) is 0 Å². The second-order valence-corrected chi connectivity index (χ2v) is 7.23. The molecule has 3 amide bonds. The molecule has 0 aromatic heterocycles. The van der Waals surface area contributed by atoms with Crippen LogP contribution in [0.1, 0.15) is 38.2 Å². The molecule has 3 rings (SSSR count). The van der Waals surface area contributed by atoms with E-state index in [1.54, 1.807) is 0 Å². The van der Waals surface area contributed by atoms with Crippen LogP contribution in [0.4, 0.5) is 0 Å². The lowest BCUT2D eigenvalue weighted by Gasteiger charge is -2.17. The van der Waals surface area contributed by atoms with Gasteiger partial charge >= 0.3 is 0 Å². The van der Waals surface area contributed by atoms with Crippen LogP contribution in [0, 0.1) is 11.8 Å². The second-order valence-electron chi connectivity index (χ2n) is 7.23. The van der Waals surface area contributed by atoms with E-state index in [1.807, 2.05) is 37.3 Å². The third-order valence-electron chi connectivity index (χ3n) is 5.28. The zero-order valence-corrected chi connectivity index (χ0v) is 15.2. The van der Waals surface area contributed by atoms with Crippen molar-refractivity contribution in [1.82, 2.24) is 10.2 Å². The highest BCUT2D eigenvalue weighted by atomic mass is 16.2. The number of hydrogen-bond donors (Lipinski definition) is 1. The summed E-state index contributed by atoms with van der Waals surface area (Å²) in [6.07, 6.45) is 7.13. The number of hydrogen-bond acceptors (Lipinski definition) is 3. The SMILES string of the molecule is CC(CCc1ccccc1)NC(=O)CCN1C(=O)[C@H]2CC=CC[C@H]2C1=O. The van der Waals surface area contributed by atoms with Crippen molar-refractivity contribution in [3.63, 3.8) is 0 Å². The first-order valence-corrected chi connectivity index (χ1v) is 9.39. The highest BCUT2D eigenvalue weighted by molar-refractivity contribution is 6.05. The molecule has 1 heterocycles. The van der Waals surface area contributed by atoms with Crippen LogP contribution in [0.3, 0.4) is 0 Å². The number of imide groups is 1. The van der Waals surface area contributed by atoms with Crippen molar-refractivity contribution in [2.75, 3.05) is 6.54 Å². The second kappa shape index (κ2) is 8.30. The summed E-state index contributed by atoms with van der Waals surface area (Å²) in [4.78, 5) is 38.2. The number of fused-ring (bicyclic) bond motifs is 1. The number of amides is 3. The number of nitrogens with zero attached hydrogens (tertiary/aromatic N) is 1. The highest BCUT2D eigenvalue weighted by Gasteiger charge is 2.46. The first-order valence-electron chi connectivity index (χ1n) is 9.39. The van der Waals surface area contributed by atoms with Gasteiger partial charge in [0, 0.05) is 19.0 Å². The number of carbonyl (C=O) groups is 3. The number of nitrogens with one attached hydrogen (secondary N) is 1. The van der Waals surface area contributed by atoms with Crippen LogP contribution in [0.25, 0.3) is 0 Å². The van der Waals surface area contributed by atoms with Crippen LogP contribution >= 0.6 is 0 Å². The maximum atomic E-state index is 12.4. The van der Waals surface area contributed by atoms with E-state index in [1.165, 1.54) is 10.5 Å². The summed E-state index contributed by atoms with van der Waals surface area (Å²) in [6, 6.07) is 10.2. The van der Waals surface area contributed by atoms with E-state index < -0.39 is 0 Å². The van der Waals surface area contributed by atoms with Gasteiger partial charge in [-0.05, 0) is 38.2 Å². The van der Waals surface area contributed by atoms with E-state index >= 15 is 0 Å². The minimum absolute atomic E-state index is 0.0551. The Kier molecular flexibility index (Phi) is 5.86. The van der Waals surface area contributed by atoms with E-state index in [2.05, 4.69) is 17.4 Å². The average molecular weight is 354 g/mol. The van der Waals surface area contributed by atoms with Crippen molar-refractivity contribution < 1.29 is 14.4 Å². The Hall–Kier alpha value is -2.43. The molecule has 138 valence electrons. The van der Waals surface area contributed by atoms with Gasteiger partial charge in [0.25, 0.3) is 0 Å². The Labute approximate surface area is 154 Å². The summed E-state index contributed by atoms with van der Waals surface area (Å²) in [7, 11) is 0. The van der Waals surface area contributed by atoms with Crippen molar-refractivity contribution in [2.45, 2.75) is 45.1 Å². The molecule has 0 spiro atoms. The highest BCUT2D eigenvalue weighted by Crippen LogP contribution is 2.34. The van der Waals surface area contributed by atoms with Gasteiger partial charge in [0.1, 0.15) is 0 Å². The van der Waals surface area contributed by atoms with Gasteiger partial charge in [-0.15, -0.1) is 0 Å². The standard InChI is InChI=1S/C21H26N2O3/c1-15(11-12-16-7-3-2-4-8-16)22-19(24)13-14-23-20(25)17-9-5-6-10-18(17)21(23)26/h2-8,15,17-18H,9-14H2,1H3,(H,22,24)/t15?,17-,18+. The molecule has 26 heavy (non-hydrogen) atoms. The van der Waals surface area contributed by atoms with Crippen LogP contribution in [0.2, 0.25) is 0 Å². The molecule has 0 radical (unpaired) electrons. The molecule has 1 aromatic rings. The normalized spacial score (nSPS) is 23.0. The van der Waals surface area contributed by atoms with E-state index in [-0.39, 0.29) is 48.6 Å². The third kappa shape index (κ3) is 4.21. The maximum Gasteiger partial charge on any atom is 0.233 e. The number of rotatable bonds is 7. The van der Waals surface area contributed by atoms with Gasteiger partial charge in [-0.3, -0.25) is 19.3 Å². The monoisotopic (exact) mass is 354 g/mol. The predicted molar refractivity (Wildman–Crippen MR) is 99.1 cm³/mol. The molecule has 2 aliphatic rings. The Bertz CT molecular complexity index is 672. The van der Waals surface area contributed by atoms with E-state index in [0.717, 1.165) is 12.8 Å². The fourth-order valence-electron chi connectivity index (χ4n) is 3.75. The zero-order valence-electron chi connectivity index (χ0n) is 15.2. The molecule has 1 unspecified atom stereocenters. The number of carbonyl (C=O) groups excluding carboxylic acids is 3. The minimum Gasteiger partial charge on any atom is -0.354 e. The van der Waals surface area contributed by atoms with Gasteiger partial charge in [-0.25, -0.2) is 0 Å². The molecule has 1 fully saturated rings. The van der Waals surface area contributed by atoms with Gasteiger partial charge in [0.2, 0.25) is 17.7 Å². The number of allylic oxidation sites excluding steroid dienone is 2. The lowest BCUT2D eigenvalue weighted by Crippen LogP contribution is -2.38. The summed E-state index contributed by atoms with van der Waals surface area (Å²) in [6.45, 7) is 2.16. The van der Waals surface area contributed by atoms with Crippen LogP contribution in [0.5, 0.6) is 0 Å². The summed E-state index contributed by atoms with van der Waals surface area (Å²) in [5.41, 5.74) is 1.25. The van der Waals surface area contributed by atoms with Crippen molar-refractivity contribution in [3.05, 3.63) is 48.0 Å². The van der Waals surface area contributed by atoms with Crippen LogP contribution in [0.15, 0.2) is 42.5 Å². The fourth-order valence-corrected chi connectivity index (χ4v) is 3.75. The van der Waals surface area contributed by atoms with Gasteiger partial charge in [0.05, 0.1) is 11.8 Å². The van der Waals surface area contributed by atoms with E-state index in [0.29, 0.717) is 12.8 Å². The number of aryl methyl sites for hydroxylation is 1. The molecular formula is C21H26N2O3. The fraction of sp³-hybridized carbons (Fsp3) is 0.476. The first kappa shape index (κ1) is 18.4. The minimum atomic E-state index is -0.222. The molecule has 1 saturated heterocycles. The van der Waals surface area contributed by atoms with Crippen molar-refractivity contribution >= 4 is 17.7 Å². The van der Waals surface area contributed by atoms with Crippen molar-refractivity contribution in [2.24, 2.45) is 11.8 Å². The molecule has 1 aliphatic heterocycles. The lowest BCUT2D eigenvalue weighted by atomic mass is 9.85. The quantitative estimate of drug-likeness (QED) is 0.604. The van der Waals surface area contributed by atoms with Gasteiger partial charge < -0.3 is 5.32 Å². The predicted octanol–water partition coefficient (Wildman–Crippen LogP) is 2.47. The Morgan fingerprint density at radius 3 is 2.35 bits per heavy atom. The third-order valence-corrected chi connectivity index (χ3v) is 5.28. The van der Waals surface area contributed by atoms with Crippen LogP contribution in [-0.4, -0.2) is 35.2 Å². The van der Waals surface area contributed by atoms with E-state index in [4.69, 9.17) is 0 Å². The Balaban J connectivity index is 1.42. The van der Waals surface area contributed by atoms with Crippen LogP contribution < -0.4 is 5.32 Å². The summed E-state index contributed by atoms with van der Waals surface area (Å²) in [5.74, 6) is -0.788. The topological polar surface area (TPSA) is 66.5 Å². The largest absolute Gasteiger partial charge is 0.354 e. The summed E-state index contributed by atoms with van der Waals surface area (Å²) < 4.78 is 0. The maximum absolute atomic E-state index is 12.4. The number of likely N-dealkylation sites (tertiary alicyclic amines) is 1. The first-order chi connectivity index (χ1) is 12.6.